The summed E-state index contributed by atoms with van der Waals surface area (Å²) in [6.45, 7) is 0.850. The van der Waals surface area contributed by atoms with Crippen molar-refractivity contribution in [3.63, 3.8) is 0 Å². The summed E-state index contributed by atoms with van der Waals surface area (Å²) in [5.41, 5.74) is 6.72. The smallest absolute Gasteiger partial charge is 0.254 e. The van der Waals surface area contributed by atoms with Crippen LogP contribution in [0.25, 0.3) is 0 Å². The van der Waals surface area contributed by atoms with Crippen molar-refractivity contribution in [2.75, 3.05) is 18.9 Å². The van der Waals surface area contributed by atoms with Crippen LogP contribution in [0.4, 0.5) is 5.69 Å². The average Bonchev–Trinajstić information content (AvgIpc) is 2.42. The van der Waals surface area contributed by atoms with E-state index in [1.807, 2.05) is 4.90 Å². The average molecular weight is 283 g/mol. The van der Waals surface area contributed by atoms with Gasteiger partial charge in [0.05, 0.1) is 10.7 Å². The second-order valence-corrected chi connectivity index (χ2v) is 5.30. The highest BCUT2D eigenvalue weighted by atomic mass is 35.5. The molecule has 0 saturated carbocycles. The lowest BCUT2D eigenvalue weighted by molar-refractivity contribution is 0.0574. The number of amides is 1. The molecule has 1 atom stereocenters. The Balaban J connectivity index is 2.18. The standard InChI is InChI=1S/C14H19ClN2O2/c15-12-5-4-10(9-13(12)16)14(19)17-7-2-1-3-11(17)6-8-18/h4-5,9,11,18H,1-3,6-8,16H2. The van der Waals surface area contributed by atoms with E-state index in [1.165, 1.54) is 0 Å². The highest BCUT2D eigenvalue weighted by molar-refractivity contribution is 6.33. The van der Waals surface area contributed by atoms with Gasteiger partial charge in [-0.3, -0.25) is 4.79 Å². The lowest BCUT2D eigenvalue weighted by Gasteiger charge is -2.35. The minimum atomic E-state index is -0.0264. The minimum absolute atomic E-state index is 0.0264. The number of nitrogen functional groups attached to an aromatic ring is 1. The van der Waals surface area contributed by atoms with E-state index in [-0.39, 0.29) is 18.6 Å². The lowest BCUT2D eigenvalue weighted by atomic mass is 9.98. The van der Waals surface area contributed by atoms with E-state index < -0.39 is 0 Å². The molecule has 2 rings (SSSR count). The third-order valence-electron chi connectivity index (χ3n) is 3.59. The Morgan fingerprint density at radius 1 is 1.47 bits per heavy atom. The van der Waals surface area contributed by atoms with Crippen LogP contribution in [0.3, 0.4) is 0 Å². The molecule has 1 saturated heterocycles. The Kier molecular flexibility index (Phi) is 4.66. The van der Waals surface area contributed by atoms with E-state index in [4.69, 9.17) is 22.4 Å². The van der Waals surface area contributed by atoms with E-state index in [0.29, 0.717) is 22.7 Å². The molecule has 4 nitrogen and oxygen atoms in total. The number of hydrogen-bond acceptors (Lipinski definition) is 3. The Hall–Kier alpha value is -1.26. The van der Waals surface area contributed by atoms with Crippen LogP contribution in [0.2, 0.25) is 5.02 Å². The zero-order chi connectivity index (χ0) is 13.8. The first-order chi connectivity index (χ1) is 9.13. The summed E-state index contributed by atoms with van der Waals surface area (Å²) in [7, 11) is 0. The van der Waals surface area contributed by atoms with Gasteiger partial charge in [-0.25, -0.2) is 0 Å². The molecule has 1 amide bonds. The number of carbonyl (C=O) groups is 1. The highest BCUT2D eigenvalue weighted by Gasteiger charge is 2.27. The summed E-state index contributed by atoms with van der Waals surface area (Å²) >= 11 is 5.87. The van der Waals surface area contributed by atoms with E-state index in [1.54, 1.807) is 18.2 Å². The van der Waals surface area contributed by atoms with E-state index in [9.17, 15) is 4.79 Å². The van der Waals surface area contributed by atoms with Gasteiger partial charge in [-0.15, -0.1) is 0 Å². The molecule has 104 valence electrons. The van der Waals surface area contributed by atoms with Crippen molar-refractivity contribution in [1.29, 1.82) is 0 Å². The summed E-state index contributed by atoms with van der Waals surface area (Å²) in [5, 5.41) is 9.55. The summed E-state index contributed by atoms with van der Waals surface area (Å²) in [6, 6.07) is 5.10. The molecule has 1 unspecified atom stereocenters. The molecule has 1 fully saturated rings. The van der Waals surface area contributed by atoms with Gasteiger partial charge < -0.3 is 15.7 Å². The van der Waals surface area contributed by atoms with Gasteiger partial charge in [0.2, 0.25) is 0 Å². The molecule has 1 aromatic rings. The molecule has 1 aromatic carbocycles. The number of likely N-dealkylation sites (tertiary alicyclic amines) is 1. The van der Waals surface area contributed by atoms with Gasteiger partial charge in [0.1, 0.15) is 0 Å². The van der Waals surface area contributed by atoms with Gasteiger partial charge >= 0.3 is 0 Å². The zero-order valence-electron chi connectivity index (χ0n) is 10.8. The third-order valence-corrected chi connectivity index (χ3v) is 3.94. The zero-order valence-corrected chi connectivity index (χ0v) is 11.6. The van der Waals surface area contributed by atoms with Crippen LogP contribution >= 0.6 is 11.6 Å². The van der Waals surface area contributed by atoms with Crippen LogP contribution in [0.15, 0.2) is 18.2 Å². The molecule has 0 bridgehead atoms. The Morgan fingerprint density at radius 2 is 2.26 bits per heavy atom. The maximum absolute atomic E-state index is 12.5. The van der Waals surface area contributed by atoms with Crippen molar-refractivity contribution in [1.82, 2.24) is 4.90 Å². The Labute approximate surface area is 118 Å². The maximum atomic E-state index is 12.5. The number of aliphatic hydroxyl groups is 1. The van der Waals surface area contributed by atoms with Crippen molar-refractivity contribution in [2.45, 2.75) is 31.7 Å². The first-order valence-electron chi connectivity index (χ1n) is 6.60. The Bertz CT molecular complexity index is 463. The monoisotopic (exact) mass is 282 g/mol. The molecule has 0 aliphatic carbocycles. The topological polar surface area (TPSA) is 66.6 Å². The first-order valence-corrected chi connectivity index (χ1v) is 6.98. The van der Waals surface area contributed by atoms with Crippen molar-refractivity contribution in [3.8, 4) is 0 Å². The number of rotatable bonds is 3. The number of aliphatic hydroxyl groups excluding tert-OH is 1. The molecule has 0 spiro atoms. The quantitative estimate of drug-likeness (QED) is 0.836. The molecule has 1 aliphatic rings. The SMILES string of the molecule is Nc1cc(C(=O)N2CCCCC2CCO)ccc1Cl. The summed E-state index contributed by atoms with van der Waals surface area (Å²) < 4.78 is 0. The molecular formula is C14H19ClN2O2. The molecule has 5 heteroatoms. The van der Waals surface area contributed by atoms with Crippen LogP contribution in [0, 0.1) is 0 Å². The summed E-state index contributed by atoms with van der Waals surface area (Å²) in [6.07, 6.45) is 3.71. The maximum Gasteiger partial charge on any atom is 0.254 e. The van der Waals surface area contributed by atoms with Gasteiger partial charge in [0.25, 0.3) is 5.91 Å². The van der Waals surface area contributed by atoms with E-state index in [2.05, 4.69) is 0 Å². The number of nitrogens with zero attached hydrogens (tertiary/aromatic N) is 1. The number of carbonyl (C=O) groups excluding carboxylic acids is 1. The summed E-state index contributed by atoms with van der Waals surface area (Å²) in [5.74, 6) is -0.0264. The molecule has 1 aliphatic heterocycles. The third kappa shape index (κ3) is 3.19. The first kappa shape index (κ1) is 14.2. The number of hydrogen-bond donors (Lipinski definition) is 2. The second kappa shape index (κ2) is 6.26. The van der Waals surface area contributed by atoms with Gasteiger partial charge in [-0.05, 0) is 43.9 Å². The fourth-order valence-electron chi connectivity index (χ4n) is 2.56. The molecule has 1 heterocycles. The molecular weight excluding hydrogens is 264 g/mol. The predicted octanol–water partition coefficient (Wildman–Crippen LogP) is 2.30. The summed E-state index contributed by atoms with van der Waals surface area (Å²) in [4.78, 5) is 14.3. The van der Waals surface area contributed by atoms with E-state index in [0.717, 1.165) is 25.8 Å². The fourth-order valence-corrected chi connectivity index (χ4v) is 2.68. The number of anilines is 1. The normalized spacial score (nSPS) is 19.5. The number of benzene rings is 1. The number of nitrogens with two attached hydrogens (primary N) is 1. The van der Waals surface area contributed by atoms with Crippen molar-refractivity contribution in [3.05, 3.63) is 28.8 Å². The fraction of sp³-hybridized carbons (Fsp3) is 0.500. The molecule has 0 radical (unpaired) electrons. The highest BCUT2D eigenvalue weighted by Crippen LogP contribution is 2.24. The van der Waals surface area contributed by atoms with Gasteiger partial charge in [-0.2, -0.15) is 0 Å². The number of halogens is 1. The largest absolute Gasteiger partial charge is 0.398 e. The molecule has 19 heavy (non-hydrogen) atoms. The van der Waals surface area contributed by atoms with Gasteiger partial charge in [0.15, 0.2) is 0 Å². The van der Waals surface area contributed by atoms with E-state index >= 15 is 0 Å². The van der Waals surface area contributed by atoms with Crippen LogP contribution in [0.5, 0.6) is 0 Å². The van der Waals surface area contributed by atoms with Crippen molar-refractivity contribution >= 4 is 23.2 Å². The second-order valence-electron chi connectivity index (χ2n) is 4.90. The molecule has 0 aromatic heterocycles. The minimum Gasteiger partial charge on any atom is -0.398 e. The van der Waals surface area contributed by atoms with Crippen LogP contribution in [0.1, 0.15) is 36.0 Å². The van der Waals surface area contributed by atoms with Crippen LogP contribution in [-0.2, 0) is 0 Å². The lowest BCUT2D eigenvalue weighted by Crippen LogP contribution is -2.44. The van der Waals surface area contributed by atoms with Crippen molar-refractivity contribution in [2.24, 2.45) is 0 Å². The van der Waals surface area contributed by atoms with Gasteiger partial charge in [0, 0.05) is 24.8 Å². The van der Waals surface area contributed by atoms with Crippen LogP contribution in [-0.4, -0.2) is 35.1 Å². The number of piperidine rings is 1. The van der Waals surface area contributed by atoms with Crippen LogP contribution < -0.4 is 5.73 Å². The molecule has 3 N–H and O–H groups in total. The Morgan fingerprint density at radius 3 is 2.95 bits per heavy atom. The predicted molar refractivity (Wildman–Crippen MR) is 76.2 cm³/mol. The van der Waals surface area contributed by atoms with Gasteiger partial charge in [-0.1, -0.05) is 11.6 Å². The van der Waals surface area contributed by atoms with Crippen molar-refractivity contribution < 1.29 is 9.90 Å².